The fourth-order valence-electron chi connectivity index (χ4n) is 1.63. The fraction of sp³-hybridized carbons (Fsp3) is 0.500. The van der Waals surface area contributed by atoms with Gasteiger partial charge >= 0.3 is 0 Å². The van der Waals surface area contributed by atoms with Crippen LogP contribution < -0.4 is 5.73 Å². The van der Waals surface area contributed by atoms with Crippen LogP contribution in [-0.2, 0) is 0 Å². The van der Waals surface area contributed by atoms with Crippen LogP contribution in [0.15, 0.2) is 12.1 Å². The number of nitrogens with two attached hydrogens (primary N) is 1. The predicted molar refractivity (Wildman–Crippen MR) is 58.0 cm³/mol. The van der Waals surface area contributed by atoms with Gasteiger partial charge in [0.1, 0.15) is 6.17 Å². The van der Waals surface area contributed by atoms with Crippen molar-refractivity contribution in [2.24, 2.45) is 5.73 Å². The van der Waals surface area contributed by atoms with E-state index in [0.29, 0.717) is 13.0 Å². The van der Waals surface area contributed by atoms with Crippen LogP contribution in [0.3, 0.4) is 0 Å². The molecule has 0 aliphatic rings. The summed E-state index contributed by atoms with van der Waals surface area (Å²) in [6.45, 7) is 3.43. The molecule has 0 heterocycles. The summed E-state index contributed by atoms with van der Waals surface area (Å²) in [5.41, 5.74) is 5.73. The second-order valence-electron chi connectivity index (χ2n) is 4.00. The standard InChI is InChI=1S/C12H16F3N/c1-7(3-4-16)10-5-9(8(2)13)6-11(14)12(10)15/h5-8H,3-4,16H2,1-2H3. The van der Waals surface area contributed by atoms with Gasteiger partial charge in [-0.15, -0.1) is 0 Å². The van der Waals surface area contributed by atoms with E-state index in [1.165, 1.54) is 13.0 Å². The molecule has 0 fully saturated rings. The van der Waals surface area contributed by atoms with Gasteiger partial charge in [0.05, 0.1) is 0 Å². The summed E-state index contributed by atoms with van der Waals surface area (Å²) in [5.74, 6) is -2.11. The van der Waals surface area contributed by atoms with Crippen molar-refractivity contribution < 1.29 is 13.2 Å². The molecule has 0 aliphatic carbocycles. The maximum absolute atomic E-state index is 13.5. The first kappa shape index (κ1) is 13.0. The fourth-order valence-corrected chi connectivity index (χ4v) is 1.63. The van der Waals surface area contributed by atoms with Gasteiger partial charge < -0.3 is 5.73 Å². The highest BCUT2D eigenvalue weighted by atomic mass is 19.2. The molecule has 1 rings (SSSR count). The van der Waals surface area contributed by atoms with Crippen LogP contribution in [0.1, 0.15) is 43.5 Å². The van der Waals surface area contributed by atoms with Crippen molar-refractivity contribution in [2.75, 3.05) is 6.54 Å². The van der Waals surface area contributed by atoms with E-state index in [2.05, 4.69) is 0 Å². The lowest BCUT2D eigenvalue weighted by atomic mass is 9.94. The highest BCUT2D eigenvalue weighted by Gasteiger charge is 2.17. The first-order valence-corrected chi connectivity index (χ1v) is 5.30. The maximum Gasteiger partial charge on any atom is 0.162 e. The first-order chi connectivity index (χ1) is 7.47. The minimum Gasteiger partial charge on any atom is -0.330 e. The number of hydrogen-bond donors (Lipinski definition) is 1. The Labute approximate surface area is 93.5 Å². The smallest absolute Gasteiger partial charge is 0.162 e. The van der Waals surface area contributed by atoms with Gasteiger partial charge in [0.2, 0.25) is 0 Å². The molecule has 90 valence electrons. The van der Waals surface area contributed by atoms with Crippen molar-refractivity contribution in [3.05, 3.63) is 34.9 Å². The number of halogens is 3. The molecule has 0 aromatic heterocycles. The van der Waals surface area contributed by atoms with Gasteiger partial charge in [0.25, 0.3) is 0 Å². The lowest BCUT2D eigenvalue weighted by Crippen LogP contribution is -2.08. The van der Waals surface area contributed by atoms with Crippen molar-refractivity contribution in [3.8, 4) is 0 Å². The van der Waals surface area contributed by atoms with Crippen molar-refractivity contribution >= 4 is 0 Å². The van der Waals surface area contributed by atoms with Crippen molar-refractivity contribution in [2.45, 2.75) is 32.4 Å². The lowest BCUT2D eigenvalue weighted by molar-refractivity contribution is 0.370. The third-order valence-corrected chi connectivity index (χ3v) is 2.67. The quantitative estimate of drug-likeness (QED) is 0.843. The van der Waals surface area contributed by atoms with Crippen molar-refractivity contribution in [1.29, 1.82) is 0 Å². The molecular weight excluding hydrogens is 215 g/mol. The van der Waals surface area contributed by atoms with Gasteiger partial charge in [0.15, 0.2) is 11.6 Å². The highest BCUT2D eigenvalue weighted by Crippen LogP contribution is 2.28. The summed E-state index contributed by atoms with van der Waals surface area (Å²) in [5, 5.41) is 0. The summed E-state index contributed by atoms with van der Waals surface area (Å²) in [6, 6.07) is 2.28. The molecule has 0 spiro atoms. The number of benzene rings is 1. The van der Waals surface area contributed by atoms with Gasteiger partial charge in [-0.25, -0.2) is 13.2 Å². The van der Waals surface area contributed by atoms with Gasteiger partial charge in [-0.05, 0) is 49.1 Å². The summed E-state index contributed by atoms with van der Waals surface area (Å²) in [4.78, 5) is 0. The molecule has 4 heteroatoms. The lowest BCUT2D eigenvalue weighted by Gasteiger charge is -2.14. The molecule has 2 atom stereocenters. The molecule has 0 saturated carbocycles. The Bertz CT molecular complexity index is 364. The molecule has 1 aromatic rings. The Morgan fingerprint density at radius 3 is 2.38 bits per heavy atom. The molecule has 2 N–H and O–H groups in total. The van der Waals surface area contributed by atoms with E-state index in [1.54, 1.807) is 6.92 Å². The Balaban J connectivity index is 3.16. The van der Waals surface area contributed by atoms with Crippen LogP contribution >= 0.6 is 0 Å². The van der Waals surface area contributed by atoms with E-state index in [-0.39, 0.29) is 17.0 Å². The van der Waals surface area contributed by atoms with Crippen LogP contribution in [0, 0.1) is 11.6 Å². The Morgan fingerprint density at radius 1 is 1.25 bits per heavy atom. The molecule has 0 saturated heterocycles. The van der Waals surface area contributed by atoms with E-state index < -0.39 is 17.8 Å². The van der Waals surface area contributed by atoms with Crippen LogP contribution in [-0.4, -0.2) is 6.54 Å². The molecule has 0 radical (unpaired) electrons. The van der Waals surface area contributed by atoms with Crippen LogP contribution in [0.2, 0.25) is 0 Å². The second-order valence-corrected chi connectivity index (χ2v) is 4.00. The van der Waals surface area contributed by atoms with E-state index in [0.717, 1.165) is 6.07 Å². The third-order valence-electron chi connectivity index (χ3n) is 2.67. The van der Waals surface area contributed by atoms with E-state index >= 15 is 0 Å². The molecule has 1 aromatic carbocycles. The normalized spacial score (nSPS) is 14.9. The van der Waals surface area contributed by atoms with Gasteiger partial charge in [-0.1, -0.05) is 6.92 Å². The molecule has 0 aliphatic heterocycles. The Hall–Kier alpha value is -1.03. The zero-order valence-corrected chi connectivity index (χ0v) is 9.43. The zero-order valence-electron chi connectivity index (χ0n) is 9.43. The SMILES string of the molecule is CC(F)c1cc(F)c(F)c(C(C)CCN)c1. The van der Waals surface area contributed by atoms with Gasteiger partial charge in [-0.2, -0.15) is 0 Å². The Morgan fingerprint density at radius 2 is 1.88 bits per heavy atom. The predicted octanol–water partition coefficient (Wildman–Crippen LogP) is 3.45. The minimum absolute atomic E-state index is 0.165. The number of rotatable bonds is 4. The molecule has 1 nitrogen and oxygen atoms in total. The van der Waals surface area contributed by atoms with E-state index in [4.69, 9.17) is 5.73 Å². The van der Waals surface area contributed by atoms with E-state index in [9.17, 15) is 13.2 Å². The molecular formula is C12H16F3N. The number of alkyl halides is 1. The van der Waals surface area contributed by atoms with E-state index in [1.807, 2.05) is 0 Å². The minimum atomic E-state index is -1.31. The average Bonchev–Trinajstić information content (AvgIpc) is 2.21. The van der Waals surface area contributed by atoms with Crippen LogP contribution in [0.5, 0.6) is 0 Å². The Kier molecular flexibility index (Phi) is 4.35. The van der Waals surface area contributed by atoms with Crippen LogP contribution in [0.4, 0.5) is 13.2 Å². The summed E-state index contributed by atoms with van der Waals surface area (Å²) >= 11 is 0. The monoisotopic (exact) mass is 231 g/mol. The molecule has 16 heavy (non-hydrogen) atoms. The molecule has 0 amide bonds. The summed E-state index contributed by atoms with van der Waals surface area (Å²) in [7, 11) is 0. The average molecular weight is 231 g/mol. The number of hydrogen-bond acceptors (Lipinski definition) is 1. The van der Waals surface area contributed by atoms with Gasteiger partial charge in [0, 0.05) is 0 Å². The molecule has 2 unspecified atom stereocenters. The van der Waals surface area contributed by atoms with Crippen LogP contribution in [0.25, 0.3) is 0 Å². The topological polar surface area (TPSA) is 26.0 Å². The third kappa shape index (κ3) is 2.76. The second kappa shape index (κ2) is 5.34. The summed E-state index contributed by atoms with van der Waals surface area (Å²) < 4.78 is 39.8. The van der Waals surface area contributed by atoms with Crippen molar-refractivity contribution in [1.82, 2.24) is 0 Å². The van der Waals surface area contributed by atoms with Gasteiger partial charge in [-0.3, -0.25) is 0 Å². The highest BCUT2D eigenvalue weighted by molar-refractivity contribution is 5.30. The van der Waals surface area contributed by atoms with Crippen molar-refractivity contribution in [3.63, 3.8) is 0 Å². The first-order valence-electron chi connectivity index (χ1n) is 5.30. The largest absolute Gasteiger partial charge is 0.330 e. The summed E-state index contributed by atoms with van der Waals surface area (Å²) in [6.07, 6.45) is -0.764. The molecule has 0 bridgehead atoms. The maximum atomic E-state index is 13.5. The zero-order chi connectivity index (χ0) is 12.3.